The van der Waals surface area contributed by atoms with E-state index in [0.29, 0.717) is 18.7 Å². The molecule has 0 aromatic heterocycles. The lowest BCUT2D eigenvalue weighted by Gasteiger charge is -2.33. The summed E-state index contributed by atoms with van der Waals surface area (Å²) in [6.07, 6.45) is -0.264. The van der Waals surface area contributed by atoms with Crippen LogP contribution in [0.2, 0.25) is 0 Å². The molecule has 1 unspecified atom stereocenters. The second-order valence-electron chi connectivity index (χ2n) is 6.64. The number of ether oxygens (including phenoxy) is 2. The number of aryl methyl sites for hydroxylation is 2. The van der Waals surface area contributed by atoms with E-state index in [2.05, 4.69) is 5.32 Å². The lowest BCUT2D eigenvalue weighted by atomic mass is 10.1. The lowest BCUT2D eigenvalue weighted by Crippen LogP contribution is -2.50. The van der Waals surface area contributed by atoms with E-state index in [4.69, 9.17) is 9.47 Å². The Labute approximate surface area is 159 Å². The maximum atomic E-state index is 12.4. The largest absolute Gasteiger partial charge is 0.497 e. The van der Waals surface area contributed by atoms with Gasteiger partial charge in [0.1, 0.15) is 12.4 Å². The van der Waals surface area contributed by atoms with Crippen molar-refractivity contribution in [3.63, 3.8) is 0 Å². The summed E-state index contributed by atoms with van der Waals surface area (Å²) in [6.45, 7) is 4.71. The Morgan fingerprint density at radius 1 is 1.19 bits per heavy atom. The SMILES string of the molecule is COc1ccc(N2CC(CNC(=O)c3ccc(C)c(C)c3)OCC2=O)cc1. The van der Waals surface area contributed by atoms with Gasteiger partial charge in [0, 0.05) is 17.8 Å². The van der Waals surface area contributed by atoms with E-state index in [1.807, 2.05) is 56.3 Å². The minimum atomic E-state index is -0.264. The Kier molecular flexibility index (Phi) is 5.76. The van der Waals surface area contributed by atoms with Crippen LogP contribution in [0.4, 0.5) is 5.69 Å². The molecule has 3 rings (SSSR count). The van der Waals surface area contributed by atoms with Gasteiger partial charge in [-0.25, -0.2) is 0 Å². The van der Waals surface area contributed by atoms with Gasteiger partial charge in [-0.3, -0.25) is 9.59 Å². The van der Waals surface area contributed by atoms with E-state index in [-0.39, 0.29) is 24.5 Å². The summed E-state index contributed by atoms with van der Waals surface area (Å²) in [6, 6.07) is 12.9. The quantitative estimate of drug-likeness (QED) is 0.880. The summed E-state index contributed by atoms with van der Waals surface area (Å²) in [4.78, 5) is 26.3. The Hall–Kier alpha value is -2.86. The molecule has 0 radical (unpaired) electrons. The standard InChI is InChI=1S/C21H24N2O4/c1-14-4-5-16(10-15(14)2)21(25)22-11-19-12-23(20(24)13-27-19)17-6-8-18(26-3)9-7-17/h4-10,19H,11-13H2,1-3H3,(H,22,25). The molecule has 0 saturated carbocycles. The maximum absolute atomic E-state index is 12.4. The Morgan fingerprint density at radius 3 is 2.59 bits per heavy atom. The first kappa shape index (κ1) is 18.9. The molecule has 0 bridgehead atoms. The van der Waals surface area contributed by atoms with Gasteiger partial charge in [-0.05, 0) is 61.4 Å². The Balaban J connectivity index is 1.61. The molecule has 2 amide bonds. The number of anilines is 1. The fourth-order valence-electron chi connectivity index (χ4n) is 2.95. The van der Waals surface area contributed by atoms with Crippen LogP contribution < -0.4 is 15.0 Å². The maximum Gasteiger partial charge on any atom is 0.253 e. The smallest absolute Gasteiger partial charge is 0.253 e. The topological polar surface area (TPSA) is 67.9 Å². The molecular weight excluding hydrogens is 344 g/mol. The highest BCUT2D eigenvalue weighted by atomic mass is 16.5. The van der Waals surface area contributed by atoms with Crippen molar-refractivity contribution in [3.05, 3.63) is 59.2 Å². The van der Waals surface area contributed by atoms with E-state index in [0.717, 1.165) is 22.6 Å². The summed E-state index contributed by atoms with van der Waals surface area (Å²) in [5.74, 6) is 0.489. The first-order valence-corrected chi connectivity index (χ1v) is 8.89. The minimum Gasteiger partial charge on any atom is -0.497 e. The van der Waals surface area contributed by atoms with Gasteiger partial charge in [0.05, 0.1) is 19.8 Å². The number of methoxy groups -OCH3 is 1. The number of hydrogen-bond donors (Lipinski definition) is 1. The van der Waals surface area contributed by atoms with Crippen LogP contribution in [-0.4, -0.2) is 44.7 Å². The highest BCUT2D eigenvalue weighted by Crippen LogP contribution is 2.22. The van der Waals surface area contributed by atoms with Gasteiger partial charge in [-0.1, -0.05) is 6.07 Å². The van der Waals surface area contributed by atoms with Gasteiger partial charge in [-0.15, -0.1) is 0 Å². The van der Waals surface area contributed by atoms with Gasteiger partial charge in [-0.2, -0.15) is 0 Å². The Morgan fingerprint density at radius 2 is 1.93 bits per heavy atom. The summed E-state index contributed by atoms with van der Waals surface area (Å²) in [7, 11) is 1.60. The number of carbonyl (C=O) groups is 2. The lowest BCUT2D eigenvalue weighted by molar-refractivity contribution is -0.129. The Bertz CT molecular complexity index is 833. The highest BCUT2D eigenvalue weighted by Gasteiger charge is 2.27. The van der Waals surface area contributed by atoms with Crippen molar-refractivity contribution in [1.82, 2.24) is 5.32 Å². The molecule has 1 heterocycles. The van der Waals surface area contributed by atoms with Crippen molar-refractivity contribution in [3.8, 4) is 5.75 Å². The molecule has 1 saturated heterocycles. The summed E-state index contributed by atoms with van der Waals surface area (Å²) in [5.41, 5.74) is 3.63. The molecule has 2 aromatic carbocycles. The molecule has 1 aliphatic rings. The third-order valence-electron chi connectivity index (χ3n) is 4.77. The monoisotopic (exact) mass is 368 g/mol. The van der Waals surface area contributed by atoms with Crippen molar-refractivity contribution in [2.75, 3.05) is 31.7 Å². The van der Waals surface area contributed by atoms with Crippen molar-refractivity contribution in [1.29, 1.82) is 0 Å². The average molecular weight is 368 g/mol. The van der Waals surface area contributed by atoms with E-state index in [1.54, 1.807) is 12.0 Å². The first-order valence-electron chi connectivity index (χ1n) is 8.89. The van der Waals surface area contributed by atoms with Crippen molar-refractivity contribution >= 4 is 17.5 Å². The fraction of sp³-hybridized carbons (Fsp3) is 0.333. The summed E-state index contributed by atoms with van der Waals surface area (Å²) in [5, 5.41) is 2.90. The molecule has 0 aliphatic carbocycles. The number of nitrogens with one attached hydrogen (secondary N) is 1. The van der Waals surface area contributed by atoms with Gasteiger partial charge >= 0.3 is 0 Å². The van der Waals surface area contributed by atoms with Crippen molar-refractivity contribution < 1.29 is 19.1 Å². The molecule has 27 heavy (non-hydrogen) atoms. The zero-order chi connectivity index (χ0) is 19.4. The first-order chi connectivity index (χ1) is 13.0. The molecular formula is C21H24N2O4. The predicted molar refractivity (Wildman–Crippen MR) is 103 cm³/mol. The molecule has 2 aromatic rings. The van der Waals surface area contributed by atoms with Crippen LogP contribution in [0.15, 0.2) is 42.5 Å². The van der Waals surface area contributed by atoms with E-state index >= 15 is 0 Å². The van der Waals surface area contributed by atoms with Crippen LogP contribution in [0, 0.1) is 13.8 Å². The van der Waals surface area contributed by atoms with Crippen LogP contribution >= 0.6 is 0 Å². The third-order valence-corrected chi connectivity index (χ3v) is 4.77. The molecule has 142 valence electrons. The second kappa shape index (κ2) is 8.22. The number of hydrogen-bond acceptors (Lipinski definition) is 4. The highest BCUT2D eigenvalue weighted by molar-refractivity contribution is 5.95. The van der Waals surface area contributed by atoms with Crippen molar-refractivity contribution in [2.45, 2.75) is 20.0 Å². The van der Waals surface area contributed by atoms with Gasteiger partial charge in [0.25, 0.3) is 11.8 Å². The van der Waals surface area contributed by atoms with Crippen LogP contribution in [-0.2, 0) is 9.53 Å². The number of morpholine rings is 1. The molecule has 1 atom stereocenters. The molecule has 1 fully saturated rings. The van der Waals surface area contributed by atoms with Gasteiger partial charge in [0.15, 0.2) is 0 Å². The summed E-state index contributed by atoms with van der Waals surface area (Å²) < 4.78 is 10.7. The van der Waals surface area contributed by atoms with E-state index < -0.39 is 0 Å². The molecule has 6 nitrogen and oxygen atoms in total. The van der Waals surface area contributed by atoms with Crippen LogP contribution in [0.1, 0.15) is 21.5 Å². The van der Waals surface area contributed by atoms with Crippen LogP contribution in [0.5, 0.6) is 5.75 Å². The number of benzene rings is 2. The predicted octanol–water partition coefficient (Wildman–Crippen LogP) is 2.47. The average Bonchev–Trinajstić information content (AvgIpc) is 2.69. The normalized spacial score (nSPS) is 16.9. The van der Waals surface area contributed by atoms with Gasteiger partial charge < -0.3 is 19.7 Å². The number of nitrogens with zero attached hydrogens (tertiary/aromatic N) is 1. The molecule has 1 N–H and O–H groups in total. The van der Waals surface area contributed by atoms with Crippen LogP contribution in [0.25, 0.3) is 0 Å². The van der Waals surface area contributed by atoms with E-state index in [1.165, 1.54) is 0 Å². The number of rotatable bonds is 5. The molecule has 1 aliphatic heterocycles. The third kappa shape index (κ3) is 4.46. The fourth-order valence-corrected chi connectivity index (χ4v) is 2.95. The zero-order valence-electron chi connectivity index (χ0n) is 15.8. The number of carbonyl (C=O) groups excluding carboxylic acids is 2. The second-order valence-corrected chi connectivity index (χ2v) is 6.64. The van der Waals surface area contributed by atoms with E-state index in [9.17, 15) is 9.59 Å². The van der Waals surface area contributed by atoms with Gasteiger partial charge in [0.2, 0.25) is 0 Å². The summed E-state index contributed by atoms with van der Waals surface area (Å²) >= 11 is 0. The van der Waals surface area contributed by atoms with Crippen LogP contribution in [0.3, 0.4) is 0 Å². The van der Waals surface area contributed by atoms with Crippen molar-refractivity contribution in [2.24, 2.45) is 0 Å². The molecule has 0 spiro atoms. The zero-order valence-corrected chi connectivity index (χ0v) is 15.8. The molecule has 6 heteroatoms. The number of amides is 2. The minimum absolute atomic E-state index is 0.00376.